The van der Waals surface area contributed by atoms with E-state index in [-0.39, 0.29) is 22.9 Å². The second kappa shape index (κ2) is 5.62. The predicted molar refractivity (Wildman–Crippen MR) is 93.7 cm³/mol. The zero-order valence-electron chi connectivity index (χ0n) is 14.9. The first kappa shape index (κ1) is 16.5. The summed E-state index contributed by atoms with van der Waals surface area (Å²) in [5.41, 5.74) is 4.01. The molecule has 1 amide bonds. The molecule has 1 N–H and O–H groups in total. The number of benzene rings is 1. The first-order valence-electron chi connectivity index (χ1n) is 8.21. The Kier molecular flexibility index (Phi) is 3.86. The van der Waals surface area contributed by atoms with Crippen LogP contribution in [-0.4, -0.2) is 11.7 Å². The van der Waals surface area contributed by atoms with Crippen LogP contribution in [0.25, 0.3) is 0 Å². The van der Waals surface area contributed by atoms with Gasteiger partial charge < -0.3 is 9.73 Å². The topological polar surface area (TPSA) is 59.3 Å². The normalized spacial score (nSPS) is 16.0. The van der Waals surface area contributed by atoms with E-state index in [2.05, 4.69) is 5.32 Å². The maximum Gasteiger partial charge on any atom is 0.291 e. The molecule has 4 nitrogen and oxygen atoms in total. The average Bonchev–Trinajstić information content (AvgIpc) is 2.72. The van der Waals surface area contributed by atoms with Gasteiger partial charge in [0.05, 0.1) is 5.56 Å². The van der Waals surface area contributed by atoms with E-state index in [1.807, 2.05) is 45.9 Å². The van der Waals surface area contributed by atoms with Crippen molar-refractivity contribution in [2.75, 3.05) is 5.32 Å². The van der Waals surface area contributed by atoms with Gasteiger partial charge in [-0.25, -0.2) is 0 Å². The number of hydrogen-bond donors (Lipinski definition) is 1. The second-order valence-electron chi connectivity index (χ2n) is 7.63. The Hall–Kier alpha value is -2.36. The number of carbonyl (C=O) groups is 2. The number of rotatable bonds is 2. The van der Waals surface area contributed by atoms with Crippen LogP contribution < -0.4 is 5.32 Å². The molecule has 1 aliphatic carbocycles. The van der Waals surface area contributed by atoms with Crippen molar-refractivity contribution in [3.05, 3.63) is 52.0 Å². The van der Waals surface area contributed by atoms with E-state index in [1.165, 1.54) is 0 Å². The van der Waals surface area contributed by atoms with Crippen LogP contribution in [-0.2, 0) is 6.42 Å². The molecule has 0 radical (unpaired) electrons. The molecule has 24 heavy (non-hydrogen) atoms. The Labute approximate surface area is 142 Å². The molecule has 4 heteroatoms. The van der Waals surface area contributed by atoms with E-state index in [9.17, 15) is 9.59 Å². The molecule has 0 spiro atoms. The molecule has 1 aromatic heterocycles. The molecule has 126 valence electrons. The third-order valence-electron chi connectivity index (χ3n) is 4.46. The lowest BCUT2D eigenvalue weighted by molar-refractivity contribution is 0.0898. The number of nitrogens with one attached hydrogen (secondary N) is 1. The lowest BCUT2D eigenvalue weighted by Crippen LogP contribution is -2.26. The molecule has 1 aromatic carbocycles. The van der Waals surface area contributed by atoms with Crippen LogP contribution in [0.5, 0.6) is 0 Å². The van der Waals surface area contributed by atoms with Gasteiger partial charge in [-0.1, -0.05) is 19.9 Å². The first-order valence-corrected chi connectivity index (χ1v) is 8.21. The molecule has 0 fully saturated rings. The number of carbonyl (C=O) groups excluding carboxylic acids is 2. The molecule has 0 saturated carbocycles. The third kappa shape index (κ3) is 3.01. The van der Waals surface area contributed by atoms with Crippen molar-refractivity contribution in [3.8, 4) is 0 Å². The molecule has 1 aliphatic rings. The largest absolute Gasteiger partial charge is 0.455 e. The highest BCUT2D eigenvalue weighted by molar-refractivity contribution is 6.07. The van der Waals surface area contributed by atoms with E-state index >= 15 is 0 Å². The van der Waals surface area contributed by atoms with E-state index in [0.29, 0.717) is 29.7 Å². The summed E-state index contributed by atoms with van der Waals surface area (Å²) in [6.45, 7) is 9.84. The van der Waals surface area contributed by atoms with Gasteiger partial charge in [0.15, 0.2) is 11.5 Å². The van der Waals surface area contributed by atoms with Gasteiger partial charge >= 0.3 is 0 Å². The fourth-order valence-corrected chi connectivity index (χ4v) is 3.53. The molecule has 3 rings (SSSR count). The molecule has 0 aliphatic heterocycles. The fourth-order valence-electron chi connectivity index (χ4n) is 3.53. The smallest absolute Gasteiger partial charge is 0.291 e. The zero-order valence-corrected chi connectivity index (χ0v) is 14.9. The van der Waals surface area contributed by atoms with Crippen molar-refractivity contribution >= 4 is 17.4 Å². The molecule has 0 unspecified atom stereocenters. The van der Waals surface area contributed by atoms with Crippen molar-refractivity contribution in [1.29, 1.82) is 0 Å². The first-order chi connectivity index (χ1) is 11.2. The monoisotopic (exact) mass is 325 g/mol. The van der Waals surface area contributed by atoms with E-state index in [1.54, 1.807) is 6.92 Å². The number of hydrogen-bond acceptors (Lipinski definition) is 3. The highest BCUT2D eigenvalue weighted by Gasteiger charge is 2.37. The highest BCUT2D eigenvalue weighted by Crippen LogP contribution is 2.38. The summed E-state index contributed by atoms with van der Waals surface area (Å²) < 4.78 is 5.80. The van der Waals surface area contributed by atoms with Gasteiger partial charge in [-0.05, 0) is 49.4 Å². The molecule has 1 heterocycles. The Morgan fingerprint density at radius 2 is 1.71 bits per heavy atom. The highest BCUT2D eigenvalue weighted by atomic mass is 16.4. The van der Waals surface area contributed by atoms with Gasteiger partial charge in [0.25, 0.3) is 5.91 Å². The lowest BCUT2D eigenvalue weighted by Gasteiger charge is -2.27. The minimum absolute atomic E-state index is 0.0629. The van der Waals surface area contributed by atoms with Crippen molar-refractivity contribution < 1.29 is 14.0 Å². The van der Waals surface area contributed by atoms with Gasteiger partial charge in [-0.15, -0.1) is 0 Å². The molecule has 0 atom stereocenters. The summed E-state index contributed by atoms with van der Waals surface area (Å²) in [5.74, 6) is 0.634. The summed E-state index contributed by atoms with van der Waals surface area (Å²) in [5, 5.41) is 2.88. The number of fused-ring (bicyclic) bond motifs is 1. The summed E-state index contributed by atoms with van der Waals surface area (Å²) in [6.07, 6.45) is 1.16. The Bertz CT molecular complexity index is 823. The van der Waals surface area contributed by atoms with Crippen molar-refractivity contribution in [3.63, 3.8) is 0 Å². The second-order valence-corrected chi connectivity index (χ2v) is 7.63. The van der Waals surface area contributed by atoms with Gasteiger partial charge in [-0.2, -0.15) is 0 Å². The van der Waals surface area contributed by atoms with Crippen LogP contribution >= 0.6 is 0 Å². The van der Waals surface area contributed by atoms with Gasteiger partial charge in [0.1, 0.15) is 5.76 Å². The van der Waals surface area contributed by atoms with Crippen LogP contribution in [0.15, 0.2) is 22.6 Å². The Balaban J connectivity index is 1.93. The van der Waals surface area contributed by atoms with E-state index in [0.717, 1.165) is 16.8 Å². The van der Waals surface area contributed by atoms with E-state index < -0.39 is 0 Å². The number of aryl methyl sites for hydroxylation is 2. The predicted octanol–water partition coefficient (Wildman–Crippen LogP) is 4.61. The number of furan rings is 1. The minimum atomic E-state index is -0.308. The van der Waals surface area contributed by atoms with Crippen LogP contribution in [0.4, 0.5) is 5.69 Å². The van der Waals surface area contributed by atoms with Crippen molar-refractivity contribution in [2.45, 2.75) is 47.5 Å². The maximum absolute atomic E-state index is 12.6. The summed E-state index contributed by atoms with van der Waals surface area (Å²) >= 11 is 0. The molecular weight excluding hydrogens is 302 g/mol. The molecular formula is C20H23NO3. The summed E-state index contributed by atoms with van der Waals surface area (Å²) in [7, 11) is 0. The van der Waals surface area contributed by atoms with E-state index in [4.69, 9.17) is 4.42 Å². The van der Waals surface area contributed by atoms with Gasteiger partial charge in [0, 0.05) is 24.1 Å². The Morgan fingerprint density at radius 1 is 1.08 bits per heavy atom. The number of ketones is 1. The quantitative estimate of drug-likeness (QED) is 0.877. The summed E-state index contributed by atoms with van der Waals surface area (Å²) in [4.78, 5) is 25.0. The molecule has 2 aromatic rings. The van der Waals surface area contributed by atoms with Crippen molar-refractivity contribution in [1.82, 2.24) is 0 Å². The Morgan fingerprint density at radius 3 is 2.33 bits per heavy atom. The summed E-state index contributed by atoms with van der Waals surface area (Å²) in [6, 6.07) is 5.88. The third-order valence-corrected chi connectivity index (χ3v) is 4.46. The van der Waals surface area contributed by atoms with Crippen LogP contribution in [0.3, 0.4) is 0 Å². The van der Waals surface area contributed by atoms with Crippen LogP contribution in [0, 0.1) is 26.2 Å². The standard InChI is InChI=1S/C20H23NO3/c1-11-6-12(2)8-14(7-11)21-19(23)18-13(3)17-15(22)9-20(4,5)10-16(17)24-18/h6-8H,9-10H2,1-5H3,(H,21,23). The van der Waals surface area contributed by atoms with Crippen LogP contribution in [0.2, 0.25) is 0 Å². The van der Waals surface area contributed by atoms with Crippen molar-refractivity contribution in [2.24, 2.45) is 5.41 Å². The maximum atomic E-state index is 12.6. The molecule has 0 bridgehead atoms. The number of anilines is 1. The lowest BCUT2D eigenvalue weighted by atomic mass is 9.76. The van der Waals surface area contributed by atoms with Gasteiger partial charge in [0.2, 0.25) is 0 Å². The minimum Gasteiger partial charge on any atom is -0.455 e. The zero-order chi connectivity index (χ0) is 17.6. The number of Topliss-reactive ketones (excluding diaryl/α,β-unsaturated/α-hetero) is 1. The fraction of sp³-hybridized carbons (Fsp3) is 0.400. The number of amides is 1. The van der Waals surface area contributed by atoms with Gasteiger partial charge in [-0.3, -0.25) is 9.59 Å². The SMILES string of the molecule is Cc1cc(C)cc(NC(=O)c2oc3c(c2C)C(=O)CC(C)(C)C3)c1. The van der Waals surface area contributed by atoms with Crippen LogP contribution in [0.1, 0.15) is 63.6 Å². The average molecular weight is 325 g/mol. The molecule has 0 saturated heterocycles.